The molecular weight excluding hydrogens is 210 g/mol. The standard InChI is InChI=1S/C15H25NO/c16-12-11-15-10-6-5-9-14(15)8-4-2-1-3-7-13-17/h5-6,9-10,17H,1-4,7-8,11-13,16H2. The highest BCUT2D eigenvalue weighted by Crippen LogP contribution is 2.14. The average Bonchev–Trinajstić information content (AvgIpc) is 2.36. The molecule has 2 nitrogen and oxygen atoms in total. The van der Waals surface area contributed by atoms with Crippen LogP contribution in [0.4, 0.5) is 0 Å². The van der Waals surface area contributed by atoms with E-state index in [1.165, 1.54) is 30.4 Å². The number of benzene rings is 1. The maximum atomic E-state index is 8.68. The van der Waals surface area contributed by atoms with E-state index in [1.54, 1.807) is 0 Å². The molecule has 0 spiro atoms. The number of hydrogen-bond donors (Lipinski definition) is 2. The van der Waals surface area contributed by atoms with Gasteiger partial charge in [0.15, 0.2) is 0 Å². The second-order valence-electron chi connectivity index (χ2n) is 4.55. The highest BCUT2D eigenvalue weighted by atomic mass is 16.2. The molecule has 1 rings (SSSR count). The minimum Gasteiger partial charge on any atom is -0.396 e. The predicted octanol–water partition coefficient (Wildman–Crippen LogP) is 2.67. The zero-order valence-electron chi connectivity index (χ0n) is 10.7. The monoisotopic (exact) mass is 235 g/mol. The molecule has 17 heavy (non-hydrogen) atoms. The molecule has 2 heteroatoms. The molecule has 1 aromatic rings. The first kappa shape index (κ1) is 14.2. The van der Waals surface area contributed by atoms with Crippen molar-refractivity contribution in [3.8, 4) is 0 Å². The number of hydrogen-bond acceptors (Lipinski definition) is 2. The van der Waals surface area contributed by atoms with Gasteiger partial charge in [0.05, 0.1) is 0 Å². The predicted molar refractivity (Wildman–Crippen MR) is 73.1 cm³/mol. The van der Waals surface area contributed by atoms with E-state index in [4.69, 9.17) is 10.8 Å². The molecule has 3 N–H and O–H groups in total. The Morgan fingerprint density at radius 1 is 0.824 bits per heavy atom. The van der Waals surface area contributed by atoms with Crippen LogP contribution in [-0.2, 0) is 12.8 Å². The van der Waals surface area contributed by atoms with E-state index in [0.717, 1.165) is 32.2 Å². The van der Waals surface area contributed by atoms with Gasteiger partial charge in [0, 0.05) is 6.61 Å². The minimum atomic E-state index is 0.333. The van der Waals surface area contributed by atoms with Gasteiger partial charge in [-0.25, -0.2) is 0 Å². The molecule has 0 amide bonds. The van der Waals surface area contributed by atoms with Gasteiger partial charge in [-0.3, -0.25) is 0 Å². The summed E-state index contributed by atoms with van der Waals surface area (Å²) in [7, 11) is 0. The van der Waals surface area contributed by atoms with E-state index in [9.17, 15) is 0 Å². The summed E-state index contributed by atoms with van der Waals surface area (Å²) in [5.74, 6) is 0. The van der Waals surface area contributed by atoms with Crippen LogP contribution in [0.15, 0.2) is 24.3 Å². The Morgan fingerprint density at radius 2 is 1.41 bits per heavy atom. The Kier molecular flexibility index (Phi) is 7.69. The first-order valence-electron chi connectivity index (χ1n) is 6.76. The van der Waals surface area contributed by atoms with Crippen molar-refractivity contribution in [1.29, 1.82) is 0 Å². The molecule has 96 valence electrons. The van der Waals surface area contributed by atoms with Gasteiger partial charge in [-0.1, -0.05) is 43.5 Å². The average molecular weight is 235 g/mol. The van der Waals surface area contributed by atoms with Crippen LogP contribution in [0, 0.1) is 0 Å². The lowest BCUT2D eigenvalue weighted by Gasteiger charge is -2.08. The second-order valence-corrected chi connectivity index (χ2v) is 4.55. The molecule has 0 aromatic heterocycles. The molecule has 0 atom stereocenters. The van der Waals surface area contributed by atoms with Crippen molar-refractivity contribution < 1.29 is 5.11 Å². The fraction of sp³-hybridized carbons (Fsp3) is 0.600. The fourth-order valence-corrected chi connectivity index (χ4v) is 2.16. The summed E-state index contributed by atoms with van der Waals surface area (Å²) in [4.78, 5) is 0. The molecule has 1 aromatic carbocycles. The molecule has 0 unspecified atom stereocenters. The Labute approximate surface area is 105 Å². The van der Waals surface area contributed by atoms with Crippen LogP contribution in [0.5, 0.6) is 0 Å². The highest BCUT2D eigenvalue weighted by Gasteiger charge is 2.00. The lowest BCUT2D eigenvalue weighted by Crippen LogP contribution is -2.05. The molecule has 0 heterocycles. The third-order valence-electron chi connectivity index (χ3n) is 3.14. The SMILES string of the molecule is NCCc1ccccc1CCCCCCCO. The molecule has 0 aliphatic rings. The normalized spacial score (nSPS) is 10.7. The number of aryl methyl sites for hydroxylation is 1. The molecule has 0 aliphatic heterocycles. The Balaban J connectivity index is 2.25. The fourth-order valence-electron chi connectivity index (χ4n) is 2.16. The molecular formula is C15H25NO. The van der Waals surface area contributed by atoms with Crippen molar-refractivity contribution in [3.05, 3.63) is 35.4 Å². The molecule has 0 saturated heterocycles. The number of nitrogens with two attached hydrogens (primary N) is 1. The smallest absolute Gasteiger partial charge is 0.0431 e. The van der Waals surface area contributed by atoms with Gasteiger partial charge in [0.1, 0.15) is 0 Å². The van der Waals surface area contributed by atoms with Crippen LogP contribution >= 0.6 is 0 Å². The number of aliphatic hydroxyl groups excluding tert-OH is 1. The summed E-state index contributed by atoms with van der Waals surface area (Å²) in [6.07, 6.45) is 7.99. The van der Waals surface area contributed by atoms with Gasteiger partial charge in [-0.2, -0.15) is 0 Å². The van der Waals surface area contributed by atoms with Gasteiger partial charge >= 0.3 is 0 Å². The van der Waals surface area contributed by atoms with Crippen LogP contribution in [0.3, 0.4) is 0 Å². The topological polar surface area (TPSA) is 46.2 Å². The Morgan fingerprint density at radius 3 is 2.06 bits per heavy atom. The summed E-state index contributed by atoms with van der Waals surface area (Å²) in [5.41, 5.74) is 8.48. The molecule has 0 bridgehead atoms. The summed E-state index contributed by atoms with van der Waals surface area (Å²) in [6, 6.07) is 8.61. The zero-order chi connectivity index (χ0) is 12.3. The lowest BCUT2D eigenvalue weighted by atomic mass is 9.99. The molecule has 0 radical (unpaired) electrons. The summed E-state index contributed by atoms with van der Waals surface area (Å²) in [5, 5.41) is 8.68. The van der Waals surface area contributed by atoms with Crippen molar-refractivity contribution in [2.75, 3.05) is 13.2 Å². The minimum absolute atomic E-state index is 0.333. The van der Waals surface area contributed by atoms with Gasteiger partial charge in [-0.05, 0) is 43.4 Å². The van der Waals surface area contributed by atoms with E-state index >= 15 is 0 Å². The Bertz CT molecular complexity index is 299. The van der Waals surface area contributed by atoms with Crippen LogP contribution < -0.4 is 5.73 Å². The van der Waals surface area contributed by atoms with Gasteiger partial charge in [0.25, 0.3) is 0 Å². The van der Waals surface area contributed by atoms with E-state index in [1.807, 2.05) is 0 Å². The second kappa shape index (κ2) is 9.20. The van der Waals surface area contributed by atoms with Crippen molar-refractivity contribution in [2.24, 2.45) is 5.73 Å². The van der Waals surface area contributed by atoms with Gasteiger partial charge in [-0.15, -0.1) is 0 Å². The number of aliphatic hydroxyl groups is 1. The summed E-state index contributed by atoms with van der Waals surface area (Å²) >= 11 is 0. The third-order valence-corrected chi connectivity index (χ3v) is 3.14. The maximum absolute atomic E-state index is 8.68. The first-order valence-corrected chi connectivity index (χ1v) is 6.76. The lowest BCUT2D eigenvalue weighted by molar-refractivity contribution is 0.282. The summed E-state index contributed by atoms with van der Waals surface area (Å²) in [6.45, 7) is 1.06. The van der Waals surface area contributed by atoms with Crippen LogP contribution in [0.25, 0.3) is 0 Å². The largest absolute Gasteiger partial charge is 0.396 e. The van der Waals surface area contributed by atoms with Crippen LogP contribution in [0.1, 0.15) is 43.2 Å². The first-order chi connectivity index (χ1) is 8.38. The van der Waals surface area contributed by atoms with E-state index in [-0.39, 0.29) is 0 Å². The van der Waals surface area contributed by atoms with Crippen LogP contribution in [-0.4, -0.2) is 18.3 Å². The molecule has 0 saturated carbocycles. The van der Waals surface area contributed by atoms with Gasteiger partial charge < -0.3 is 10.8 Å². The van der Waals surface area contributed by atoms with Crippen LogP contribution in [0.2, 0.25) is 0 Å². The van der Waals surface area contributed by atoms with Crippen molar-refractivity contribution >= 4 is 0 Å². The maximum Gasteiger partial charge on any atom is 0.0431 e. The Hall–Kier alpha value is -0.860. The third kappa shape index (κ3) is 5.85. The number of rotatable bonds is 9. The van der Waals surface area contributed by atoms with E-state index in [0.29, 0.717) is 6.61 Å². The summed E-state index contributed by atoms with van der Waals surface area (Å²) < 4.78 is 0. The highest BCUT2D eigenvalue weighted by molar-refractivity contribution is 5.27. The quantitative estimate of drug-likeness (QED) is 0.646. The van der Waals surface area contributed by atoms with Gasteiger partial charge in [0.2, 0.25) is 0 Å². The molecule has 0 aliphatic carbocycles. The van der Waals surface area contributed by atoms with E-state index in [2.05, 4.69) is 24.3 Å². The number of unbranched alkanes of at least 4 members (excludes halogenated alkanes) is 4. The zero-order valence-corrected chi connectivity index (χ0v) is 10.7. The van der Waals surface area contributed by atoms with Crippen molar-refractivity contribution in [1.82, 2.24) is 0 Å². The van der Waals surface area contributed by atoms with E-state index < -0.39 is 0 Å². The molecule has 0 fully saturated rings. The van der Waals surface area contributed by atoms with Crippen molar-refractivity contribution in [2.45, 2.75) is 44.9 Å². The van der Waals surface area contributed by atoms with Crippen molar-refractivity contribution in [3.63, 3.8) is 0 Å².